The second-order valence-electron chi connectivity index (χ2n) is 1.97. The zero-order chi connectivity index (χ0) is 6.85. The minimum atomic E-state index is 0.757. The molecular formula is C6H10N2O. The van der Waals surface area contributed by atoms with Gasteiger partial charge in [0, 0.05) is 5.56 Å². The van der Waals surface area contributed by atoms with Gasteiger partial charge in [0.2, 0.25) is 5.88 Å². The van der Waals surface area contributed by atoms with E-state index in [-0.39, 0.29) is 0 Å². The minimum absolute atomic E-state index is 0.757. The van der Waals surface area contributed by atoms with Crippen LogP contribution in [0.2, 0.25) is 0 Å². The fraction of sp³-hybridized carbons (Fsp3) is 0.500. The van der Waals surface area contributed by atoms with Gasteiger partial charge >= 0.3 is 0 Å². The van der Waals surface area contributed by atoms with Crippen molar-refractivity contribution in [3.05, 3.63) is 11.3 Å². The first kappa shape index (κ1) is 6.13. The Balaban J connectivity index is 3.04. The van der Waals surface area contributed by atoms with Crippen LogP contribution in [0.1, 0.15) is 11.3 Å². The first-order valence-electron chi connectivity index (χ1n) is 2.81. The molecule has 1 N–H and O–H groups in total. The number of rotatable bonds is 1. The lowest BCUT2D eigenvalue weighted by molar-refractivity contribution is 0.394. The molecule has 0 saturated heterocycles. The quantitative estimate of drug-likeness (QED) is 0.610. The lowest BCUT2D eigenvalue weighted by Gasteiger charge is -1.92. The van der Waals surface area contributed by atoms with Crippen LogP contribution in [0.25, 0.3) is 0 Å². The Morgan fingerprint density at radius 1 is 1.44 bits per heavy atom. The van der Waals surface area contributed by atoms with Crippen molar-refractivity contribution in [3.63, 3.8) is 0 Å². The van der Waals surface area contributed by atoms with E-state index in [1.165, 1.54) is 0 Å². The monoisotopic (exact) mass is 126 g/mol. The van der Waals surface area contributed by atoms with Gasteiger partial charge in [-0.1, -0.05) is 0 Å². The van der Waals surface area contributed by atoms with Crippen molar-refractivity contribution in [1.29, 1.82) is 0 Å². The van der Waals surface area contributed by atoms with Crippen molar-refractivity contribution >= 4 is 0 Å². The summed E-state index contributed by atoms with van der Waals surface area (Å²) in [4.78, 5) is 0. The summed E-state index contributed by atoms with van der Waals surface area (Å²) >= 11 is 0. The van der Waals surface area contributed by atoms with Crippen LogP contribution in [0.5, 0.6) is 5.88 Å². The molecule has 0 fully saturated rings. The number of aromatic nitrogens is 2. The highest BCUT2D eigenvalue weighted by molar-refractivity contribution is 5.27. The normalized spacial score (nSPS) is 9.67. The third kappa shape index (κ3) is 0.896. The van der Waals surface area contributed by atoms with E-state index in [2.05, 4.69) is 10.2 Å². The molecule has 1 aromatic heterocycles. The fourth-order valence-corrected chi connectivity index (χ4v) is 0.665. The van der Waals surface area contributed by atoms with E-state index in [4.69, 9.17) is 4.74 Å². The number of ether oxygens (including phenoxy) is 1. The molecule has 3 heteroatoms. The van der Waals surface area contributed by atoms with Crippen LogP contribution in [0.4, 0.5) is 0 Å². The molecule has 0 aliphatic carbocycles. The first-order valence-corrected chi connectivity index (χ1v) is 2.81. The molecule has 0 aliphatic rings. The van der Waals surface area contributed by atoms with Crippen LogP contribution in [-0.2, 0) is 0 Å². The zero-order valence-electron chi connectivity index (χ0n) is 5.86. The van der Waals surface area contributed by atoms with Gasteiger partial charge in [-0.05, 0) is 13.8 Å². The average Bonchev–Trinajstić information content (AvgIpc) is 2.15. The summed E-state index contributed by atoms with van der Waals surface area (Å²) in [7, 11) is 1.62. The van der Waals surface area contributed by atoms with Crippen LogP contribution in [-0.4, -0.2) is 17.3 Å². The number of nitrogens with one attached hydrogen (secondary N) is 1. The van der Waals surface area contributed by atoms with E-state index in [9.17, 15) is 0 Å². The van der Waals surface area contributed by atoms with Gasteiger partial charge in [-0.25, -0.2) is 5.10 Å². The number of H-pyrrole nitrogens is 1. The van der Waals surface area contributed by atoms with Crippen molar-refractivity contribution in [1.82, 2.24) is 10.2 Å². The molecule has 0 atom stereocenters. The lowest BCUT2D eigenvalue weighted by Crippen LogP contribution is -1.83. The Bertz CT molecular complexity index is 205. The molecule has 50 valence electrons. The van der Waals surface area contributed by atoms with Crippen LogP contribution in [0, 0.1) is 13.8 Å². The van der Waals surface area contributed by atoms with Crippen molar-refractivity contribution < 1.29 is 4.74 Å². The highest BCUT2D eigenvalue weighted by Gasteiger charge is 2.02. The van der Waals surface area contributed by atoms with E-state index < -0.39 is 0 Å². The Kier molecular flexibility index (Phi) is 1.42. The lowest BCUT2D eigenvalue weighted by atomic mass is 10.3. The standard InChI is InChI=1S/C6H10N2O/c1-4-5(2)7-8-6(4)9-3/h1-3H3,(H,7,8). The van der Waals surface area contributed by atoms with Gasteiger partial charge in [-0.3, -0.25) is 0 Å². The SMILES string of the molecule is COc1[nH]nc(C)c1C. The molecule has 9 heavy (non-hydrogen) atoms. The van der Waals surface area contributed by atoms with Gasteiger partial charge in [0.1, 0.15) is 0 Å². The number of aromatic amines is 1. The molecule has 1 heterocycles. The third-order valence-corrected chi connectivity index (χ3v) is 1.41. The van der Waals surface area contributed by atoms with E-state index in [0.29, 0.717) is 0 Å². The molecule has 0 spiro atoms. The largest absolute Gasteiger partial charge is 0.481 e. The van der Waals surface area contributed by atoms with Crippen LogP contribution in [0.3, 0.4) is 0 Å². The summed E-state index contributed by atoms with van der Waals surface area (Å²) in [5, 5.41) is 6.69. The predicted octanol–water partition coefficient (Wildman–Crippen LogP) is 1.04. The van der Waals surface area contributed by atoms with E-state index in [0.717, 1.165) is 17.1 Å². The molecule has 0 bridgehead atoms. The summed E-state index contributed by atoms with van der Waals surface area (Å²) < 4.78 is 4.95. The molecule has 0 unspecified atom stereocenters. The van der Waals surface area contributed by atoms with Crippen LogP contribution in [0.15, 0.2) is 0 Å². The van der Waals surface area contributed by atoms with Crippen molar-refractivity contribution in [3.8, 4) is 5.88 Å². The summed E-state index contributed by atoms with van der Waals surface area (Å²) in [6.45, 7) is 3.91. The number of aryl methyl sites for hydroxylation is 1. The third-order valence-electron chi connectivity index (χ3n) is 1.41. The topological polar surface area (TPSA) is 37.9 Å². The molecule has 1 aromatic rings. The van der Waals surface area contributed by atoms with Crippen LogP contribution < -0.4 is 4.74 Å². The van der Waals surface area contributed by atoms with Gasteiger partial charge < -0.3 is 4.74 Å². The van der Waals surface area contributed by atoms with E-state index in [1.807, 2.05) is 13.8 Å². The number of hydrogen-bond donors (Lipinski definition) is 1. The van der Waals surface area contributed by atoms with Crippen molar-refractivity contribution in [2.45, 2.75) is 13.8 Å². The summed E-state index contributed by atoms with van der Waals surface area (Å²) in [6.07, 6.45) is 0. The Labute approximate surface area is 54.0 Å². The average molecular weight is 126 g/mol. The van der Waals surface area contributed by atoms with Crippen LogP contribution >= 0.6 is 0 Å². The zero-order valence-corrected chi connectivity index (χ0v) is 5.86. The predicted molar refractivity (Wildman–Crippen MR) is 34.6 cm³/mol. The molecule has 0 radical (unpaired) electrons. The molecule has 0 aromatic carbocycles. The van der Waals surface area contributed by atoms with Crippen molar-refractivity contribution in [2.24, 2.45) is 0 Å². The van der Waals surface area contributed by atoms with Gasteiger partial charge in [0.15, 0.2) is 0 Å². The van der Waals surface area contributed by atoms with E-state index in [1.54, 1.807) is 7.11 Å². The maximum Gasteiger partial charge on any atom is 0.212 e. The summed E-state index contributed by atoms with van der Waals surface area (Å²) in [5.74, 6) is 0.757. The van der Waals surface area contributed by atoms with Crippen molar-refractivity contribution in [2.75, 3.05) is 7.11 Å². The summed E-state index contributed by atoms with van der Waals surface area (Å²) in [5.41, 5.74) is 2.07. The maximum absolute atomic E-state index is 4.95. The molecule has 3 nitrogen and oxygen atoms in total. The van der Waals surface area contributed by atoms with Gasteiger partial charge in [0.25, 0.3) is 0 Å². The second-order valence-corrected chi connectivity index (χ2v) is 1.97. The highest BCUT2D eigenvalue weighted by Crippen LogP contribution is 2.14. The minimum Gasteiger partial charge on any atom is -0.481 e. The first-order chi connectivity index (χ1) is 4.25. The Hall–Kier alpha value is -0.990. The highest BCUT2D eigenvalue weighted by atomic mass is 16.5. The number of hydrogen-bond acceptors (Lipinski definition) is 2. The maximum atomic E-state index is 4.95. The molecule has 0 aliphatic heterocycles. The fourth-order valence-electron chi connectivity index (χ4n) is 0.665. The molecule has 0 amide bonds. The Morgan fingerprint density at radius 3 is 2.33 bits per heavy atom. The van der Waals surface area contributed by atoms with E-state index >= 15 is 0 Å². The number of methoxy groups -OCH3 is 1. The van der Waals surface area contributed by atoms with Gasteiger partial charge in [-0.2, -0.15) is 5.10 Å². The second kappa shape index (κ2) is 2.09. The summed E-state index contributed by atoms with van der Waals surface area (Å²) in [6, 6.07) is 0. The smallest absolute Gasteiger partial charge is 0.212 e. The molecule has 0 saturated carbocycles. The number of nitrogens with zero attached hydrogens (tertiary/aromatic N) is 1. The van der Waals surface area contributed by atoms with Gasteiger partial charge in [-0.15, -0.1) is 0 Å². The molecule has 1 rings (SSSR count). The molecular weight excluding hydrogens is 116 g/mol. The Morgan fingerprint density at radius 2 is 2.11 bits per heavy atom. The van der Waals surface area contributed by atoms with Gasteiger partial charge in [0.05, 0.1) is 12.8 Å².